The Hall–Kier alpha value is -2.42. The van der Waals surface area contributed by atoms with Crippen LogP contribution in [0, 0.1) is 16.7 Å². The lowest BCUT2D eigenvalue weighted by Crippen LogP contribution is -2.29. The molecular weight excluding hydrogens is 266 g/mol. The van der Waals surface area contributed by atoms with Gasteiger partial charge in [0.15, 0.2) is 5.65 Å². The third-order valence-electron chi connectivity index (χ3n) is 4.32. The number of aromatic amines is 1. The monoisotopic (exact) mass is 281 g/mol. The van der Waals surface area contributed by atoms with Gasteiger partial charge in [0.2, 0.25) is 0 Å². The van der Waals surface area contributed by atoms with E-state index in [0.717, 1.165) is 31.4 Å². The van der Waals surface area contributed by atoms with Gasteiger partial charge in [0, 0.05) is 18.7 Å². The first-order valence-electron chi connectivity index (χ1n) is 7.24. The largest absolute Gasteiger partial charge is 0.350 e. The number of fused-ring (bicyclic) bond motifs is 1. The molecular formula is C15H15N5O. The number of nitrogens with one attached hydrogen (secondary N) is 2. The van der Waals surface area contributed by atoms with Crippen LogP contribution in [0.5, 0.6) is 0 Å². The highest BCUT2D eigenvalue weighted by molar-refractivity contribution is 6.04. The lowest BCUT2D eigenvalue weighted by atomic mass is 10.1. The molecule has 106 valence electrons. The Bertz CT molecular complexity index is 764. The average Bonchev–Trinajstić information content (AvgIpc) is 3.42. The van der Waals surface area contributed by atoms with Gasteiger partial charge in [-0.2, -0.15) is 5.26 Å². The maximum atomic E-state index is 12.3. The fourth-order valence-electron chi connectivity index (χ4n) is 2.48. The third kappa shape index (κ3) is 2.15. The molecule has 4 rings (SSSR count). The first-order chi connectivity index (χ1) is 10.2. The zero-order chi connectivity index (χ0) is 14.4. The minimum Gasteiger partial charge on any atom is -0.350 e. The zero-order valence-corrected chi connectivity index (χ0v) is 11.5. The van der Waals surface area contributed by atoms with Crippen molar-refractivity contribution in [2.45, 2.75) is 31.6 Å². The SMILES string of the molecule is N#CC1(CNC(=O)c2c[nH]c3ncc(C4CC4)nc23)CC1. The topological polar surface area (TPSA) is 94.5 Å². The second-order valence-corrected chi connectivity index (χ2v) is 6.04. The fraction of sp³-hybridized carbons (Fsp3) is 0.467. The molecule has 0 aliphatic heterocycles. The molecule has 6 heteroatoms. The Labute approximate surface area is 121 Å². The molecule has 21 heavy (non-hydrogen) atoms. The zero-order valence-electron chi connectivity index (χ0n) is 11.5. The van der Waals surface area contributed by atoms with Gasteiger partial charge in [-0.25, -0.2) is 9.97 Å². The van der Waals surface area contributed by atoms with E-state index in [9.17, 15) is 4.79 Å². The normalized spacial score (nSPS) is 19.2. The molecule has 2 aromatic heterocycles. The molecule has 0 aromatic carbocycles. The van der Waals surface area contributed by atoms with E-state index in [2.05, 4.69) is 26.3 Å². The summed E-state index contributed by atoms with van der Waals surface area (Å²) in [6, 6.07) is 2.27. The lowest BCUT2D eigenvalue weighted by molar-refractivity contribution is 0.0950. The highest BCUT2D eigenvalue weighted by Gasteiger charge is 2.43. The number of rotatable bonds is 4. The maximum Gasteiger partial charge on any atom is 0.255 e. The Morgan fingerprint density at radius 2 is 2.33 bits per heavy atom. The van der Waals surface area contributed by atoms with Crippen molar-refractivity contribution < 1.29 is 4.79 Å². The van der Waals surface area contributed by atoms with Crippen LogP contribution in [-0.4, -0.2) is 27.4 Å². The van der Waals surface area contributed by atoms with Crippen molar-refractivity contribution in [2.75, 3.05) is 6.54 Å². The molecule has 2 saturated carbocycles. The molecule has 2 aromatic rings. The van der Waals surface area contributed by atoms with E-state index in [-0.39, 0.29) is 11.3 Å². The molecule has 6 nitrogen and oxygen atoms in total. The highest BCUT2D eigenvalue weighted by Crippen LogP contribution is 2.44. The van der Waals surface area contributed by atoms with Crippen molar-refractivity contribution in [1.29, 1.82) is 5.26 Å². The second kappa shape index (κ2) is 4.29. The van der Waals surface area contributed by atoms with Gasteiger partial charge in [-0.3, -0.25) is 4.79 Å². The minimum absolute atomic E-state index is 0.190. The summed E-state index contributed by atoms with van der Waals surface area (Å²) < 4.78 is 0. The molecule has 1 amide bonds. The molecule has 0 atom stereocenters. The molecule has 2 aliphatic carbocycles. The number of H-pyrrole nitrogens is 1. The molecule has 2 fully saturated rings. The van der Waals surface area contributed by atoms with Gasteiger partial charge in [0.05, 0.1) is 28.9 Å². The number of nitrogens with zero attached hydrogens (tertiary/aromatic N) is 3. The van der Waals surface area contributed by atoms with Crippen LogP contribution in [0.25, 0.3) is 11.2 Å². The Kier molecular flexibility index (Phi) is 2.52. The number of carbonyl (C=O) groups excluding carboxylic acids is 1. The van der Waals surface area contributed by atoms with Crippen molar-refractivity contribution >= 4 is 17.1 Å². The molecule has 2 heterocycles. The molecule has 0 unspecified atom stereocenters. The van der Waals surface area contributed by atoms with E-state index >= 15 is 0 Å². The number of amides is 1. The van der Waals surface area contributed by atoms with Crippen LogP contribution in [0.15, 0.2) is 12.4 Å². The number of hydrogen-bond donors (Lipinski definition) is 2. The summed E-state index contributed by atoms with van der Waals surface area (Å²) in [7, 11) is 0. The summed E-state index contributed by atoms with van der Waals surface area (Å²) in [5.41, 5.74) is 2.39. The van der Waals surface area contributed by atoms with E-state index in [1.165, 1.54) is 0 Å². The maximum absolute atomic E-state index is 12.3. The fourth-order valence-corrected chi connectivity index (χ4v) is 2.48. The van der Waals surface area contributed by atoms with Gasteiger partial charge in [-0.1, -0.05) is 0 Å². The van der Waals surface area contributed by atoms with Crippen LogP contribution >= 0.6 is 0 Å². The van der Waals surface area contributed by atoms with Crippen molar-refractivity contribution in [3.8, 4) is 6.07 Å². The molecule has 0 bridgehead atoms. The van der Waals surface area contributed by atoms with Crippen molar-refractivity contribution in [2.24, 2.45) is 5.41 Å². The van der Waals surface area contributed by atoms with E-state index in [1.54, 1.807) is 12.4 Å². The third-order valence-corrected chi connectivity index (χ3v) is 4.32. The van der Waals surface area contributed by atoms with Gasteiger partial charge in [-0.05, 0) is 25.7 Å². The van der Waals surface area contributed by atoms with E-state index in [1.807, 2.05) is 0 Å². The molecule has 0 radical (unpaired) electrons. The smallest absolute Gasteiger partial charge is 0.255 e. The number of nitriles is 1. The summed E-state index contributed by atoms with van der Waals surface area (Å²) in [4.78, 5) is 24.2. The first-order valence-corrected chi connectivity index (χ1v) is 7.24. The second-order valence-electron chi connectivity index (χ2n) is 6.04. The Morgan fingerprint density at radius 1 is 1.52 bits per heavy atom. The van der Waals surface area contributed by atoms with Gasteiger partial charge in [-0.15, -0.1) is 0 Å². The lowest BCUT2D eigenvalue weighted by Gasteiger charge is -2.07. The standard InChI is InChI=1S/C15H15N5O/c16-7-15(3-4-15)8-19-14(21)10-5-17-13-12(10)20-11(6-18-13)9-1-2-9/h5-6,9H,1-4,8H2,(H,17,18)(H,19,21). The number of aromatic nitrogens is 3. The quantitative estimate of drug-likeness (QED) is 0.894. The summed E-state index contributed by atoms with van der Waals surface area (Å²) >= 11 is 0. The van der Waals surface area contributed by atoms with Crippen molar-refractivity contribution in [1.82, 2.24) is 20.3 Å². The molecule has 0 saturated heterocycles. The number of carbonyl (C=O) groups is 1. The average molecular weight is 281 g/mol. The Morgan fingerprint density at radius 3 is 3.00 bits per heavy atom. The Balaban J connectivity index is 1.58. The molecule has 2 N–H and O–H groups in total. The summed E-state index contributed by atoms with van der Waals surface area (Å²) in [6.45, 7) is 0.407. The van der Waals surface area contributed by atoms with E-state index in [0.29, 0.717) is 29.2 Å². The van der Waals surface area contributed by atoms with Crippen LogP contribution in [0.3, 0.4) is 0 Å². The predicted molar refractivity (Wildman–Crippen MR) is 75.5 cm³/mol. The van der Waals surface area contributed by atoms with Crippen molar-refractivity contribution in [3.63, 3.8) is 0 Å². The minimum atomic E-state index is -0.341. The van der Waals surface area contributed by atoms with Gasteiger partial charge < -0.3 is 10.3 Å². The van der Waals surface area contributed by atoms with Gasteiger partial charge >= 0.3 is 0 Å². The molecule has 0 spiro atoms. The van der Waals surface area contributed by atoms with Crippen molar-refractivity contribution in [3.05, 3.63) is 23.7 Å². The molecule has 2 aliphatic rings. The van der Waals surface area contributed by atoms with Gasteiger partial charge in [0.1, 0.15) is 5.52 Å². The van der Waals surface area contributed by atoms with Crippen LogP contribution in [0.2, 0.25) is 0 Å². The van der Waals surface area contributed by atoms with E-state index in [4.69, 9.17) is 5.26 Å². The van der Waals surface area contributed by atoms with Crippen LogP contribution in [-0.2, 0) is 0 Å². The first kappa shape index (κ1) is 12.3. The predicted octanol–water partition coefficient (Wildman–Crippen LogP) is 1.87. The van der Waals surface area contributed by atoms with Crippen LogP contribution in [0.4, 0.5) is 0 Å². The highest BCUT2D eigenvalue weighted by atomic mass is 16.1. The number of hydrogen-bond acceptors (Lipinski definition) is 4. The van der Waals surface area contributed by atoms with Gasteiger partial charge in [0.25, 0.3) is 5.91 Å². The van der Waals surface area contributed by atoms with Crippen LogP contribution < -0.4 is 5.32 Å². The van der Waals surface area contributed by atoms with Crippen LogP contribution in [0.1, 0.15) is 47.7 Å². The van der Waals surface area contributed by atoms with E-state index < -0.39 is 0 Å². The summed E-state index contributed by atoms with van der Waals surface area (Å²) in [6.07, 6.45) is 7.45. The summed E-state index contributed by atoms with van der Waals surface area (Å²) in [5.74, 6) is 0.311. The summed E-state index contributed by atoms with van der Waals surface area (Å²) in [5, 5.41) is 11.9.